The number of ether oxygens (including phenoxy) is 4. The summed E-state index contributed by atoms with van der Waals surface area (Å²) < 4.78 is 68.8. The SMILES string of the molecule is CCCCCCCCCCCCCCCCCCCCCCCCC(=O)O[C@H](COC(=O)CCCCCCCCCCCCC(C)CC)COP(=O)(O)OC[C@@H](O)COP(=O)(O)OC[C@@H](COC(=O)CCCCCCCCCCCCCC)OC(=O)CCCCCCCCCCCCC(C)CC. The van der Waals surface area contributed by atoms with Gasteiger partial charge in [-0.2, -0.15) is 0 Å². The van der Waals surface area contributed by atoms with Gasteiger partial charge in [0.25, 0.3) is 0 Å². The topological polar surface area (TPSA) is 237 Å². The molecule has 0 spiro atoms. The first kappa shape index (κ1) is 100. The van der Waals surface area contributed by atoms with Gasteiger partial charge in [-0.25, -0.2) is 9.13 Å². The van der Waals surface area contributed by atoms with E-state index >= 15 is 0 Å². The van der Waals surface area contributed by atoms with Crippen LogP contribution in [0.15, 0.2) is 0 Å². The second-order valence-electron chi connectivity index (χ2n) is 30.4. The molecule has 0 aromatic carbocycles. The highest BCUT2D eigenvalue weighted by Gasteiger charge is 2.30. The van der Waals surface area contributed by atoms with E-state index in [1.54, 1.807) is 0 Å². The van der Waals surface area contributed by atoms with Crippen molar-refractivity contribution in [1.82, 2.24) is 0 Å². The molecule has 0 aromatic heterocycles. The summed E-state index contributed by atoms with van der Waals surface area (Å²) in [6.07, 6.45) is 65.1. The quantitative estimate of drug-likeness (QED) is 0.0222. The minimum Gasteiger partial charge on any atom is -0.462 e. The van der Waals surface area contributed by atoms with Gasteiger partial charge >= 0.3 is 39.5 Å². The van der Waals surface area contributed by atoms with Gasteiger partial charge in [-0.15, -0.1) is 0 Å². The zero-order valence-electron chi connectivity index (χ0n) is 66.9. The smallest absolute Gasteiger partial charge is 0.462 e. The third kappa shape index (κ3) is 73.6. The summed E-state index contributed by atoms with van der Waals surface area (Å²) in [6, 6.07) is 0. The lowest BCUT2D eigenvalue weighted by molar-refractivity contribution is -0.161. The minimum absolute atomic E-state index is 0.107. The number of phosphoric acid groups is 2. The molecule has 102 heavy (non-hydrogen) atoms. The highest BCUT2D eigenvalue weighted by molar-refractivity contribution is 7.47. The largest absolute Gasteiger partial charge is 0.472 e. The van der Waals surface area contributed by atoms with Crippen molar-refractivity contribution in [2.75, 3.05) is 39.6 Å². The Morgan fingerprint density at radius 2 is 0.471 bits per heavy atom. The normalized spacial score (nSPS) is 14.4. The lowest BCUT2D eigenvalue weighted by atomic mass is 9.99. The summed E-state index contributed by atoms with van der Waals surface area (Å²) in [5.41, 5.74) is 0. The standard InChI is InChI=1S/C83H162O17P2/c1-7-11-13-15-17-19-21-23-24-25-26-27-28-29-30-31-32-34-43-49-55-61-67-82(87)99-78(72-94-81(86)66-60-54-48-42-37-35-39-45-51-57-63-75(5)9-3)73-97-101(89,90)95-69-77(84)70-96-102(91,92)98-74-79(71-93-80(85)65-59-53-47-41-33-22-20-18-16-14-12-8-2)100-83(88)68-62-56-50-44-38-36-40-46-52-58-64-76(6)10-4/h75-79,84H,7-74H2,1-6H3,(H,89,90)(H,91,92)/t75?,76?,77-,78-,79-/m1/s1. The number of aliphatic hydroxyl groups excluding tert-OH is 1. The highest BCUT2D eigenvalue weighted by atomic mass is 31.2. The Kier molecular flexibility index (Phi) is 73.1. The number of aliphatic hydroxyl groups is 1. The van der Waals surface area contributed by atoms with Crippen molar-refractivity contribution >= 4 is 39.5 Å². The van der Waals surface area contributed by atoms with Crippen molar-refractivity contribution in [2.45, 2.75) is 458 Å². The van der Waals surface area contributed by atoms with E-state index in [2.05, 4.69) is 41.5 Å². The summed E-state index contributed by atoms with van der Waals surface area (Å²) >= 11 is 0. The van der Waals surface area contributed by atoms with Crippen LogP contribution in [-0.4, -0.2) is 96.7 Å². The fourth-order valence-electron chi connectivity index (χ4n) is 12.8. The molecule has 606 valence electrons. The molecule has 0 radical (unpaired) electrons. The van der Waals surface area contributed by atoms with Gasteiger partial charge in [0.2, 0.25) is 0 Å². The molecule has 19 heteroatoms. The van der Waals surface area contributed by atoms with E-state index in [9.17, 15) is 43.2 Å². The summed E-state index contributed by atoms with van der Waals surface area (Å²) in [7, 11) is -9.92. The maximum Gasteiger partial charge on any atom is 0.472 e. The van der Waals surface area contributed by atoms with Crippen molar-refractivity contribution in [3.63, 3.8) is 0 Å². The molecule has 0 bridgehead atoms. The number of rotatable bonds is 82. The maximum atomic E-state index is 13.1. The molecule has 17 nitrogen and oxygen atoms in total. The second kappa shape index (κ2) is 74.5. The number of hydrogen-bond donors (Lipinski definition) is 3. The van der Waals surface area contributed by atoms with E-state index in [0.29, 0.717) is 25.7 Å². The molecule has 0 aliphatic carbocycles. The Hall–Kier alpha value is -1.94. The summed E-state index contributed by atoms with van der Waals surface area (Å²) in [5.74, 6) is -0.494. The fourth-order valence-corrected chi connectivity index (χ4v) is 14.4. The zero-order valence-corrected chi connectivity index (χ0v) is 68.7. The van der Waals surface area contributed by atoms with E-state index in [-0.39, 0.29) is 25.7 Å². The van der Waals surface area contributed by atoms with Crippen LogP contribution < -0.4 is 0 Å². The van der Waals surface area contributed by atoms with Crippen molar-refractivity contribution in [3.8, 4) is 0 Å². The second-order valence-corrected chi connectivity index (χ2v) is 33.3. The average Bonchev–Trinajstić information content (AvgIpc) is 0.916. The van der Waals surface area contributed by atoms with Crippen LogP contribution in [0.5, 0.6) is 0 Å². The van der Waals surface area contributed by atoms with Crippen LogP contribution in [0.1, 0.15) is 440 Å². The number of carbonyl (C=O) groups is 4. The molecule has 0 aliphatic rings. The predicted molar refractivity (Wildman–Crippen MR) is 418 cm³/mol. The Morgan fingerprint density at radius 3 is 0.696 bits per heavy atom. The predicted octanol–water partition coefficient (Wildman–Crippen LogP) is 25.1. The van der Waals surface area contributed by atoms with Crippen LogP contribution in [0.4, 0.5) is 0 Å². The minimum atomic E-state index is -4.96. The number of phosphoric ester groups is 2. The van der Waals surface area contributed by atoms with Crippen LogP contribution >= 0.6 is 15.6 Å². The molecule has 0 rings (SSSR count). The van der Waals surface area contributed by atoms with Crippen LogP contribution in [-0.2, 0) is 65.4 Å². The van der Waals surface area contributed by atoms with Crippen molar-refractivity contribution in [1.29, 1.82) is 0 Å². The summed E-state index contributed by atoms with van der Waals surface area (Å²) in [6.45, 7) is 9.70. The van der Waals surface area contributed by atoms with Gasteiger partial charge in [-0.1, -0.05) is 388 Å². The first-order valence-corrected chi connectivity index (χ1v) is 46.1. The molecule has 0 aliphatic heterocycles. The Balaban J connectivity index is 5.23. The number of carbonyl (C=O) groups excluding carboxylic acids is 4. The van der Waals surface area contributed by atoms with E-state index in [4.69, 9.17) is 37.0 Å². The first-order valence-electron chi connectivity index (χ1n) is 43.1. The third-order valence-corrected chi connectivity index (χ3v) is 22.1. The molecule has 0 saturated heterocycles. The molecular formula is C83H162O17P2. The van der Waals surface area contributed by atoms with Crippen molar-refractivity contribution < 1.29 is 80.2 Å². The molecule has 0 aromatic rings. The van der Waals surface area contributed by atoms with Crippen LogP contribution in [0.2, 0.25) is 0 Å². The molecular weight excluding hydrogens is 1330 g/mol. The highest BCUT2D eigenvalue weighted by Crippen LogP contribution is 2.45. The van der Waals surface area contributed by atoms with Crippen molar-refractivity contribution in [2.24, 2.45) is 11.8 Å². The summed E-state index contributed by atoms with van der Waals surface area (Å²) in [5, 5.41) is 10.7. The monoisotopic (exact) mass is 1490 g/mol. The van der Waals surface area contributed by atoms with Crippen LogP contribution in [0.25, 0.3) is 0 Å². The van der Waals surface area contributed by atoms with Gasteiger partial charge in [0.15, 0.2) is 12.2 Å². The van der Waals surface area contributed by atoms with Gasteiger partial charge in [-0.3, -0.25) is 37.3 Å². The molecule has 0 amide bonds. The fraction of sp³-hybridized carbons (Fsp3) is 0.952. The lowest BCUT2D eigenvalue weighted by Crippen LogP contribution is -2.30. The van der Waals surface area contributed by atoms with E-state index in [1.807, 2.05) is 0 Å². The van der Waals surface area contributed by atoms with Crippen LogP contribution in [0, 0.1) is 11.8 Å². The Labute approximate surface area is 626 Å². The maximum absolute atomic E-state index is 13.1. The van der Waals surface area contributed by atoms with E-state index in [1.165, 1.54) is 257 Å². The molecule has 3 N–H and O–H groups in total. The third-order valence-electron chi connectivity index (χ3n) is 20.2. The number of esters is 4. The van der Waals surface area contributed by atoms with Gasteiger partial charge in [0, 0.05) is 25.7 Å². The molecule has 7 atom stereocenters. The van der Waals surface area contributed by atoms with E-state index in [0.717, 1.165) is 102 Å². The number of hydrogen-bond acceptors (Lipinski definition) is 15. The molecule has 0 saturated carbocycles. The van der Waals surface area contributed by atoms with Crippen LogP contribution in [0.3, 0.4) is 0 Å². The molecule has 0 fully saturated rings. The Bertz CT molecular complexity index is 1960. The van der Waals surface area contributed by atoms with Gasteiger partial charge < -0.3 is 33.8 Å². The lowest BCUT2D eigenvalue weighted by Gasteiger charge is -2.21. The average molecular weight is 1490 g/mol. The van der Waals surface area contributed by atoms with Gasteiger partial charge in [0.05, 0.1) is 26.4 Å². The summed E-state index contributed by atoms with van der Waals surface area (Å²) in [4.78, 5) is 73.1. The van der Waals surface area contributed by atoms with Gasteiger partial charge in [0.1, 0.15) is 19.3 Å². The van der Waals surface area contributed by atoms with Crippen molar-refractivity contribution in [3.05, 3.63) is 0 Å². The van der Waals surface area contributed by atoms with E-state index < -0.39 is 97.5 Å². The Morgan fingerprint density at radius 1 is 0.275 bits per heavy atom. The zero-order chi connectivity index (χ0) is 74.9. The molecule has 4 unspecified atom stereocenters. The van der Waals surface area contributed by atoms with Gasteiger partial charge in [-0.05, 0) is 37.5 Å². The number of unbranched alkanes of at least 4 members (excludes halogenated alkanes) is 50. The first-order chi connectivity index (χ1) is 49.4. The molecule has 0 heterocycles.